The largest absolute Gasteiger partial charge is 0.457 e. The molecule has 0 spiro atoms. The molecule has 0 fully saturated rings. The summed E-state index contributed by atoms with van der Waals surface area (Å²) in [5, 5.41) is 20.1. The molecule has 0 N–H and O–H groups in total. The van der Waals surface area contributed by atoms with E-state index in [0.717, 1.165) is 0 Å². The summed E-state index contributed by atoms with van der Waals surface area (Å²) in [5.41, 5.74) is -1.18. The number of ether oxygens (including phenoxy) is 1. The van der Waals surface area contributed by atoms with Gasteiger partial charge in [0.1, 0.15) is 0 Å². The number of esters is 1. The highest BCUT2D eigenvalue weighted by Crippen LogP contribution is 2.00. The van der Waals surface area contributed by atoms with Gasteiger partial charge in [-0.3, -0.25) is 20.2 Å². The van der Waals surface area contributed by atoms with Crippen LogP contribution in [0.15, 0.2) is 11.9 Å². The van der Waals surface area contributed by atoms with Gasteiger partial charge < -0.3 is 4.74 Å². The number of hydrogen-bond acceptors (Lipinski definition) is 6. The van der Waals surface area contributed by atoms with Gasteiger partial charge in [-0.1, -0.05) is 6.92 Å². The molecule has 8 heteroatoms. The lowest BCUT2D eigenvalue weighted by atomic mass is 10.5. The van der Waals surface area contributed by atoms with E-state index in [0.29, 0.717) is 6.42 Å². The van der Waals surface area contributed by atoms with Gasteiger partial charge in [0.05, 0.1) is 16.5 Å². The first-order chi connectivity index (χ1) is 6.49. The minimum Gasteiger partial charge on any atom is -0.457 e. The van der Waals surface area contributed by atoms with Crippen molar-refractivity contribution in [2.24, 2.45) is 0 Å². The summed E-state index contributed by atoms with van der Waals surface area (Å²) in [6.45, 7) is 1.68. The fraction of sp³-hybridized carbons (Fsp3) is 0.500. The first kappa shape index (κ1) is 12.0. The van der Waals surface area contributed by atoms with Crippen molar-refractivity contribution in [3.8, 4) is 0 Å². The number of carbonyl (C=O) groups is 1. The molecule has 14 heavy (non-hydrogen) atoms. The predicted octanol–water partition coefficient (Wildman–Crippen LogP) is 0.334. The van der Waals surface area contributed by atoms with E-state index in [1.165, 1.54) is 0 Å². The van der Waals surface area contributed by atoms with Crippen LogP contribution >= 0.6 is 0 Å². The van der Waals surface area contributed by atoms with Crippen molar-refractivity contribution in [1.29, 1.82) is 0 Å². The van der Waals surface area contributed by atoms with E-state index >= 15 is 0 Å². The zero-order chi connectivity index (χ0) is 11.1. The molecule has 0 atom stereocenters. The zero-order valence-electron chi connectivity index (χ0n) is 7.34. The van der Waals surface area contributed by atoms with Gasteiger partial charge in [-0.25, -0.2) is 4.79 Å². The maximum absolute atomic E-state index is 10.8. The molecule has 0 aromatic heterocycles. The average molecular weight is 204 g/mol. The van der Waals surface area contributed by atoms with Crippen LogP contribution in [0.1, 0.15) is 13.3 Å². The Hall–Kier alpha value is -1.99. The first-order valence-corrected chi connectivity index (χ1v) is 3.65. The van der Waals surface area contributed by atoms with Crippen LogP contribution in [0.25, 0.3) is 0 Å². The molecule has 0 aliphatic heterocycles. The normalized spacial score (nSPS) is 10.8. The molecule has 0 unspecified atom stereocenters. The molecule has 0 saturated heterocycles. The maximum atomic E-state index is 10.8. The Morgan fingerprint density at radius 3 is 2.36 bits per heavy atom. The summed E-state index contributed by atoms with van der Waals surface area (Å²) < 4.78 is 4.36. The van der Waals surface area contributed by atoms with E-state index in [2.05, 4.69) is 4.74 Å². The standard InChI is InChI=1S/C6H8N2O6/c1-2-3-14-6(9)5(8(12)13)4-7(10)11/h4H,2-3H2,1H3. The summed E-state index contributed by atoms with van der Waals surface area (Å²) in [4.78, 5) is 28.7. The van der Waals surface area contributed by atoms with Crippen LogP contribution in [0.3, 0.4) is 0 Å². The number of carbonyl (C=O) groups excluding carboxylic acids is 1. The summed E-state index contributed by atoms with van der Waals surface area (Å²) in [5.74, 6) is -1.30. The van der Waals surface area contributed by atoms with E-state index in [1.807, 2.05) is 0 Å². The molecular formula is C6H8N2O6. The van der Waals surface area contributed by atoms with Crippen LogP contribution in [0.2, 0.25) is 0 Å². The number of nitro groups is 2. The second kappa shape index (κ2) is 5.62. The summed E-state index contributed by atoms with van der Waals surface area (Å²) in [7, 11) is 0. The first-order valence-electron chi connectivity index (χ1n) is 3.65. The van der Waals surface area contributed by atoms with E-state index in [9.17, 15) is 25.0 Å². The van der Waals surface area contributed by atoms with E-state index in [4.69, 9.17) is 0 Å². The minimum atomic E-state index is -1.30. The van der Waals surface area contributed by atoms with Crippen molar-refractivity contribution in [3.05, 3.63) is 32.1 Å². The summed E-state index contributed by atoms with van der Waals surface area (Å²) in [6, 6.07) is 0. The number of rotatable bonds is 5. The Morgan fingerprint density at radius 2 is 2.00 bits per heavy atom. The Labute approximate surface area is 78.5 Å². The van der Waals surface area contributed by atoms with E-state index < -0.39 is 21.5 Å². The topological polar surface area (TPSA) is 113 Å². The Morgan fingerprint density at radius 1 is 1.43 bits per heavy atom. The molecule has 0 heterocycles. The SMILES string of the molecule is CCCOC(=O)C(=C[N+](=O)[O-])[N+](=O)[O-]. The van der Waals surface area contributed by atoms with E-state index in [1.54, 1.807) is 6.92 Å². The van der Waals surface area contributed by atoms with Crippen LogP contribution in [0, 0.1) is 20.2 Å². The lowest BCUT2D eigenvalue weighted by molar-refractivity contribution is -0.454. The third-order valence-corrected chi connectivity index (χ3v) is 1.07. The second-order valence-electron chi connectivity index (χ2n) is 2.19. The molecule has 0 rings (SSSR count). The Balaban J connectivity index is 4.59. The lowest BCUT2D eigenvalue weighted by Crippen LogP contribution is -2.16. The van der Waals surface area contributed by atoms with Crippen LogP contribution in [0.5, 0.6) is 0 Å². The van der Waals surface area contributed by atoms with Crippen LogP contribution in [-0.2, 0) is 9.53 Å². The van der Waals surface area contributed by atoms with Gasteiger partial charge in [-0.2, -0.15) is 0 Å². The molecule has 0 saturated carbocycles. The highest BCUT2D eigenvalue weighted by Gasteiger charge is 2.27. The molecule has 0 aliphatic rings. The molecule has 8 nitrogen and oxygen atoms in total. The van der Waals surface area contributed by atoms with Crippen molar-refractivity contribution >= 4 is 5.97 Å². The monoisotopic (exact) mass is 204 g/mol. The van der Waals surface area contributed by atoms with Crippen LogP contribution in [0.4, 0.5) is 0 Å². The van der Waals surface area contributed by atoms with Gasteiger partial charge in [0, 0.05) is 0 Å². The molecule has 0 aromatic carbocycles. The predicted molar refractivity (Wildman–Crippen MR) is 43.3 cm³/mol. The minimum absolute atomic E-state index is 0.0119. The van der Waals surface area contributed by atoms with Gasteiger partial charge in [-0.05, 0) is 6.42 Å². The quantitative estimate of drug-likeness (QED) is 0.276. The zero-order valence-corrected chi connectivity index (χ0v) is 7.34. The summed E-state index contributed by atoms with van der Waals surface area (Å²) in [6.07, 6.45) is 0.493. The Kier molecular flexibility index (Phi) is 4.82. The smallest absolute Gasteiger partial charge is 0.422 e. The van der Waals surface area contributed by atoms with Crippen molar-refractivity contribution in [2.75, 3.05) is 6.61 Å². The van der Waals surface area contributed by atoms with Crippen molar-refractivity contribution < 1.29 is 19.4 Å². The molecule has 78 valence electrons. The van der Waals surface area contributed by atoms with E-state index in [-0.39, 0.29) is 12.8 Å². The molecule has 0 amide bonds. The molecular weight excluding hydrogens is 196 g/mol. The van der Waals surface area contributed by atoms with Gasteiger partial charge in [0.2, 0.25) is 0 Å². The van der Waals surface area contributed by atoms with Crippen LogP contribution in [-0.4, -0.2) is 22.4 Å². The molecule has 0 bridgehead atoms. The fourth-order valence-electron chi connectivity index (χ4n) is 0.543. The van der Waals surface area contributed by atoms with Gasteiger partial charge >= 0.3 is 17.9 Å². The second-order valence-corrected chi connectivity index (χ2v) is 2.19. The van der Waals surface area contributed by atoms with Crippen molar-refractivity contribution in [2.45, 2.75) is 13.3 Å². The Bertz CT molecular complexity index is 284. The lowest BCUT2D eigenvalue weighted by Gasteiger charge is -1.97. The molecule has 0 aromatic rings. The van der Waals surface area contributed by atoms with Gasteiger partial charge in [0.25, 0.3) is 0 Å². The van der Waals surface area contributed by atoms with Crippen molar-refractivity contribution in [3.63, 3.8) is 0 Å². The average Bonchev–Trinajstić information content (AvgIpc) is 2.09. The third kappa shape index (κ3) is 4.14. The summed E-state index contributed by atoms with van der Waals surface area (Å²) >= 11 is 0. The highest BCUT2D eigenvalue weighted by molar-refractivity contribution is 5.85. The molecule has 0 radical (unpaired) electrons. The molecule has 0 aliphatic carbocycles. The highest BCUT2D eigenvalue weighted by atomic mass is 16.6. The van der Waals surface area contributed by atoms with Gasteiger partial charge in [-0.15, -0.1) is 0 Å². The third-order valence-electron chi connectivity index (χ3n) is 1.07. The number of nitrogens with zero attached hydrogens (tertiary/aromatic N) is 2. The van der Waals surface area contributed by atoms with Gasteiger partial charge in [0.15, 0.2) is 0 Å². The maximum Gasteiger partial charge on any atom is 0.422 e. The number of hydrogen-bond donors (Lipinski definition) is 0. The van der Waals surface area contributed by atoms with Crippen LogP contribution < -0.4 is 0 Å². The van der Waals surface area contributed by atoms with Crippen molar-refractivity contribution in [1.82, 2.24) is 0 Å². The fourth-order valence-corrected chi connectivity index (χ4v) is 0.543.